The van der Waals surface area contributed by atoms with Crippen molar-refractivity contribution < 1.29 is 4.79 Å². The zero-order valence-corrected chi connectivity index (χ0v) is 13.7. The van der Waals surface area contributed by atoms with Crippen LogP contribution in [0.3, 0.4) is 0 Å². The predicted molar refractivity (Wildman–Crippen MR) is 88.6 cm³/mol. The Kier molecular flexibility index (Phi) is 5.54. The Morgan fingerprint density at radius 3 is 2.68 bits per heavy atom. The van der Waals surface area contributed by atoms with Gasteiger partial charge in [0.25, 0.3) is 5.56 Å². The maximum atomic E-state index is 12.5. The number of hydrogen-bond donors (Lipinski definition) is 1. The number of fused-ring (bicyclic) bond motifs is 1. The second kappa shape index (κ2) is 7.40. The standard InChI is InChI=1S/C15H21N3O3S/c1-3-5-7-16-12(19)10-18-11-6-9-22-13(11)14(20)17(8-4-2)15(18)21/h6,9H,3-5,7-8,10H2,1-2H3,(H,16,19). The highest BCUT2D eigenvalue weighted by atomic mass is 32.1. The Morgan fingerprint density at radius 1 is 1.23 bits per heavy atom. The van der Waals surface area contributed by atoms with Crippen molar-refractivity contribution >= 4 is 27.5 Å². The molecule has 6 nitrogen and oxygen atoms in total. The molecule has 2 aromatic heterocycles. The molecule has 7 heteroatoms. The molecule has 2 aromatic rings. The zero-order valence-electron chi connectivity index (χ0n) is 12.9. The van der Waals surface area contributed by atoms with Crippen molar-refractivity contribution in [3.05, 3.63) is 32.3 Å². The summed E-state index contributed by atoms with van der Waals surface area (Å²) in [5, 5.41) is 4.57. The minimum Gasteiger partial charge on any atom is -0.355 e. The van der Waals surface area contributed by atoms with Crippen LogP contribution in [-0.4, -0.2) is 21.6 Å². The van der Waals surface area contributed by atoms with Gasteiger partial charge in [0.05, 0.1) is 5.52 Å². The van der Waals surface area contributed by atoms with Crippen LogP contribution >= 0.6 is 11.3 Å². The van der Waals surface area contributed by atoms with E-state index in [9.17, 15) is 14.4 Å². The highest BCUT2D eigenvalue weighted by Crippen LogP contribution is 2.15. The monoisotopic (exact) mass is 323 g/mol. The van der Waals surface area contributed by atoms with Gasteiger partial charge in [0.1, 0.15) is 11.2 Å². The number of hydrogen-bond acceptors (Lipinski definition) is 4. The molecule has 0 unspecified atom stereocenters. The second-order valence-corrected chi connectivity index (χ2v) is 6.08. The van der Waals surface area contributed by atoms with Gasteiger partial charge in [0.15, 0.2) is 0 Å². The highest BCUT2D eigenvalue weighted by molar-refractivity contribution is 7.17. The number of nitrogens with zero attached hydrogens (tertiary/aromatic N) is 2. The van der Waals surface area contributed by atoms with Gasteiger partial charge < -0.3 is 5.32 Å². The number of carbonyl (C=O) groups is 1. The van der Waals surface area contributed by atoms with Gasteiger partial charge in [0, 0.05) is 13.1 Å². The lowest BCUT2D eigenvalue weighted by molar-refractivity contribution is -0.121. The van der Waals surface area contributed by atoms with E-state index in [0.29, 0.717) is 29.7 Å². The van der Waals surface area contributed by atoms with Crippen LogP contribution in [0.5, 0.6) is 0 Å². The fourth-order valence-electron chi connectivity index (χ4n) is 2.31. The van der Waals surface area contributed by atoms with E-state index >= 15 is 0 Å². The molecule has 0 saturated carbocycles. The zero-order chi connectivity index (χ0) is 16.1. The van der Waals surface area contributed by atoms with Crippen LogP contribution in [0, 0.1) is 0 Å². The third kappa shape index (κ3) is 3.30. The Balaban J connectivity index is 2.40. The van der Waals surface area contributed by atoms with Gasteiger partial charge in [-0.2, -0.15) is 0 Å². The lowest BCUT2D eigenvalue weighted by atomic mass is 10.3. The van der Waals surface area contributed by atoms with Gasteiger partial charge in [-0.1, -0.05) is 20.3 Å². The van der Waals surface area contributed by atoms with Crippen LogP contribution in [0.2, 0.25) is 0 Å². The van der Waals surface area contributed by atoms with E-state index in [-0.39, 0.29) is 18.0 Å². The van der Waals surface area contributed by atoms with E-state index in [1.165, 1.54) is 20.5 Å². The maximum Gasteiger partial charge on any atom is 0.332 e. The summed E-state index contributed by atoms with van der Waals surface area (Å²) in [6.07, 6.45) is 2.59. The van der Waals surface area contributed by atoms with E-state index in [4.69, 9.17) is 0 Å². The molecule has 0 aliphatic heterocycles. The molecule has 0 atom stereocenters. The summed E-state index contributed by atoms with van der Waals surface area (Å²) in [5.41, 5.74) is -0.138. The second-order valence-electron chi connectivity index (χ2n) is 5.16. The van der Waals surface area contributed by atoms with Crippen molar-refractivity contribution in [2.45, 2.75) is 46.2 Å². The number of nitrogens with one attached hydrogen (secondary N) is 1. The molecule has 0 bridgehead atoms. The largest absolute Gasteiger partial charge is 0.355 e. The first kappa shape index (κ1) is 16.5. The average molecular weight is 323 g/mol. The molecular formula is C15H21N3O3S. The maximum absolute atomic E-state index is 12.5. The molecule has 22 heavy (non-hydrogen) atoms. The van der Waals surface area contributed by atoms with Gasteiger partial charge in [-0.15, -0.1) is 11.3 Å². The van der Waals surface area contributed by atoms with Gasteiger partial charge in [-0.3, -0.25) is 18.7 Å². The number of rotatable bonds is 7. The average Bonchev–Trinajstić information content (AvgIpc) is 2.98. The Labute approximate surface area is 132 Å². The van der Waals surface area contributed by atoms with Crippen LogP contribution in [0.15, 0.2) is 21.0 Å². The number of aromatic nitrogens is 2. The van der Waals surface area contributed by atoms with Crippen molar-refractivity contribution in [1.82, 2.24) is 14.5 Å². The van der Waals surface area contributed by atoms with Gasteiger partial charge in [0.2, 0.25) is 5.91 Å². The fourth-order valence-corrected chi connectivity index (χ4v) is 3.15. The molecular weight excluding hydrogens is 302 g/mol. The van der Waals surface area contributed by atoms with Crippen molar-refractivity contribution in [3.63, 3.8) is 0 Å². The van der Waals surface area contributed by atoms with Crippen molar-refractivity contribution in [3.8, 4) is 0 Å². The molecule has 0 saturated heterocycles. The Bertz CT molecular complexity index is 772. The normalized spacial score (nSPS) is 11.0. The predicted octanol–water partition coefficient (Wildman–Crippen LogP) is 1.55. The van der Waals surface area contributed by atoms with E-state index in [1.807, 2.05) is 13.8 Å². The molecule has 0 fully saturated rings. The molecule has 120 valence electrons. The molecule has 2 heterocycles. The Hall–Kier alpha value is -1.89. The molecule has 1 amide bonds. The summed E-state index contributed by atoms with van der Waals surface area (Å²) in [7, 11) is 0. The van der Waals surface area contributed by atoms with E-state index < -0.39 is 5.69 Å². The molecule has 0 spiro atoms. The molecule has 2 rings (SSSR count). The number of unbranched alkanes of at least 4 members (excludes halogenated alkanes) is 1. The summed E-state index contributed by atoms with van der Waals surface area (Å²) in [6.45, 7) is 4.87. The van der Waals surface area contributed by atoms with Crippen molar-refractivity contribution in [2.75, 3.05) is 6.54 Å². The van der Waals surface area contributed by atoms with E-state index in [2.05, 4.69) is 5.32 Å². The Morgan fingerprint density at radius 2 is 2.00 bits per heavy atom. The quantitative estimate of drug-likeness (QED) is 0.786. The third-order valence-corrected chi connectivity index (χ3v) is 4.33. The number of thiophene rings is 1. The molecule has 0 aliphatic carbocycles. The van der Waals surface area contributed by atoms with Crippen molar-refractivity contribution in [1.29, 1.82) is 0 Å². The fraction of sp³-hybridized carbons (Fsp3) is 0.533. The van der Waals surface area contributed by atoms with Gasteiger partial charge in [-0.25, -0.2) is 4.79 Å². The number of carbonyl (C=O) groups excluding carboxylic acids is 1. The number of amides is 1. The van der Waals surface area contributed by atoms with Gasteiger partial charge in [-0.05, 0) is 24.3 Å². The summed E-state index contributed by atoms with van der Waals surface area (Å²) >= 11 is 1.30. The first-order chi connectivity index (χ1) is 10.6. The minimum atomic E-state index is -0.414. The lowest BCUT2D eigenvalue weighted by Gasteiger charge is -2.11. The van der Waals surface area contributed by atoms with Gasteiger partial charge >= 0.3 is 5.69 Å². The minimum absolute atomic E-state index is 0.0558. The van der Waals surface area contributed by atoms with E-state index in [0.717, 1.165) is 12.8 Å². The first-order valence-corrected chi connectivity index (χ1v) is 8.45. The van der Waals surface area contributed by atoms with Crippen LogP contribution in [0.4, 0.5) is 0 Å². The SMILES string of the molecule is CCCCNC(=O)Cn1c(=O)n(CCC)c(=O)c2sccc21. The molecule has 0 aliphatic rings. The van der Waals surface area contributed by atoms with Crippen molar-refractivity contribution in [2.24, 2.45) is 0 Å². The lowest BCUT2D eigenvalue weighted by Crippen LogP contribution is -2.42. The molecule has 1 N–H and O–H groups in total. The topological polar surface area (TPSA) is 73.1 Å². The van der Waals surface area contributed by atoms with Crippen LogP contribution < -0.4 is 16.6 Å². The summed E-state index contributed by atoms with van der Waals surface area (Å²) in [4.78, 5) is 36.8. The summed E-state index contributed by atoms with van der Waals surface area (Å²) < 4.78 is 3.14. The van der Waals surface area contributed by atoms with Crippen LogP contribution in [-0.2, 0) is 17.9 Å². The summed E-state index contributed by atoms with van der Waals surface area (Å²) in [6, 6.07) is 1.72. The summed E-state index contributed by atoms with van der Waals surface area (Å²) in [5.74, 6) is -0.204. The van der Waals surface area contributed by atoms with E-state index in [1.54, 1.807) is 11.4 Å². The van der Waals surface area contributed by atoms with Crippen LogP contribution in [0.1, 0.15) is 33.1 Å². The third-order valence-electron chi connectivity index (χ3n) is 3.44. The molecule has 0 radical (unpaired) electrons. The van der Waals surface area contributed by atoms with Crippen LogP contribution in [0.25, 0.3) is 10.2 Å². The highest BCUT2D eigenvalue weighted by Gasteiger charge is 2.15. The first-order valence-electron chi connectivity index (χ1n) is 7.57. The molecule has 0 aromatic carbocycles. The smallest absolute Gasteiger partial charge is 0.332 e.